The van der Waals surface area contributed by atoms with Crippen molar-refractivity contribution in [2.24, 2.45) is 5.92 Å². The van der Waals surface area contributed by atoms with Gasteiger partial charge in [-0.2, -0.15) is 13.2 Å². The summed E-state index contributed by atoms with van der Waals surface area (Å²) < 4.78 is 43.9. The first-order valence-electron chi connectivity index (χ1n) is 12.0. The van der Waals surface area contributed by atoms with Crippen LogP contribution in [0.2, 0.25) is 0 Å². The Bertz CT molecular complexity index is 1460. The molecular weight excluding hydrogens is 485 g/mol. The molecule has 1 fully saturated rings. The van der Waals surface area contributed by atoms with Crippen molar-refractivity contribution in [2.75, 3.05) is 11.9 Å². The van der Waals surface area contributed by atoms with Crippen molar-refractivity contribution in [1.82, 2.24) is 34.6 Å². The maximum Gasteiger partial charge on any atom is 0.409 e. The second-order valence-corrected chi connectivity index (χ2v) is 9.31. The summed E-state index contributed by atoms with van der Waals surface area (Å²) in [7, 11) is 0. The van der Waals surface area contributed by atoms with E-state index in [1.165, 1.54) is 31.4 Å². The quantitative estimate of drug-likeness (QED) is 0.409. The molecule has 1 aliphatic heterocycles. The molecular formula is C25H23F3N8O. The molecule has 2 aliphatic rings. The van der Waals surface area contributed by atoms with Gasteiger partial charge in [0.25, 0.3) is 5.91 Å². The summed E-state index contributed by atoms with van der Waals surface area (Å²) in [6.45, 7) is 1.04. The fourth-order valence-corrected chi connectivity index (χ4v) is 4.62. The van der Waals surface area contributed by atoms with Crippen molar-refractivity contribution < 1.29 is 18.0 Å². The third kappa shape index (κ3) is 4.71. The summed E-state index contributed by atoms with van der Waals surface area (Å²) in [5, 5.41) is 13.6. The molecule has 9 nitrogen and oxygen atoms in total. The molecule has 37 heavy (non-hydrogen) atoms. The van der Waals surface area contributed by atoms with E-state index in [2.05, 4.69) is 30.8 Å². The number of anilines is 1. The minimum absolute atomic E-state index is 0.0482. The zero-order chi connectivity index (χ0) is 25.6. The molecule has 4 heterocycles. The SMILES string of the molecule is O=C(Nc1cccc(-c2nncn2CC2CC2)c1)c1cc(-n2cnc3c2CCNC3C(F)(F)F)ccn1. The maximum absolute atomic E-state index is 13.4. The molecule has 1 amide bonds. The number of carbonyl (C=O) groups is 1. The summed E-state index contributed by atoms with van der Waals surface area (Å²) in [6, 6.07) is 8.69. The predicted octanol–water partition coefficient (Wildman–Crippen LogP) is 3.94. The van der Waals surface area contributed by atoms with Crippen LogP contribution in [0.25, 0.3) is 17.1 Å². The van der Waals surface area contributed by atoms with E-state index >= 15 is 0 Å². The van der Waals surface area contributed by atoms with Gasteiger partial charge in [-0.3, -0.25) is 9.78 Å². The largest absolute Gasteiger partial charge is 0.409 e. The zero-order valence-corrected chi connectivity index (χ0v) is 19.6. The number of aromatic nitrogens is 6. The van der Waals surface area contributed by atoms with Gasteiger partial charge in [0.05, 0.1) is 17.7 Å². The second-order valence-electron chi connectivity index (χ2n) is 9.31. The van der Waals surface area contributed by atoms with Crippen LogP contribution in [0.5, 0.6) is 0 Å². The molecule has 1 unspecified atom stereocenters. The predicted molar refractivity (Wildman–Crippen MR) is 128 cm³/mol. The molecule has 0 saturated heterocycles. The van der Waals surface area contributed by atoms with Crippen LogP contribution in [0.3, 0.4) is 0 Å². The van der Waals surface area contributed by atoms with Gasteiger partial charge in [-0.25, -0.2) is 4.98 Å². The highest BCUT2D eigenvalue weighted by atomic mass is 19.4. The molecule has 4 aromatic rings. The van der Waals surface area contributed by atoms with Crippen LogP contribution >= 0.6 is 0 Å². The number of alkyl halides is 3. The van der Waals surface area contributed by atoms with Crippen LogP contribution < -0.4 is 10.6 Å². The number of pyridine rings is 1. The Kier molecular flexibility index (Phi) is 5.75. The summed E-state index contributed by atoms with van der Waals surface area (Å²) in [5.41, 5.74) is 2.45. The molecule has 1 saturated carbocycles. The Hall–Kier alpha value is -4.06. The van der Waals surface area contributed by atoms with Gasteiger partial charge in [0, 0.05) is 42.7 Å². The standard InChI is InChI=1S/C25H23F3N8O/c26-25(27,28)22-21-20(7-9-30-22)36(13-31-21)18-6-8-29-19(11-18)24(37)33-17-3-1-2-16(10-17)23-34-32-14-35(23)12-15-4-5-15/h1-3,6,8,10-11,13-15,22,30H,4-5,7,9,12H2,(H,33,37). The number of imidazole rings is 1. The van der Waals surface area contributed by atoms with Gasteiger partial charge in [0.15, 0.2) is 5.82 Å². The Labute approximate surface area is 209 Å². The van der Waals surface area contributed by atoms with Gasteiger partial charge < -0.3 is 19.8 Å². The number of amides is 1. The Morgan fingerprint density at radius 1 is 1.14 bits per heavy atom. The normalized spacial score (nSPS) is 17.4. The number of rotatable bonds is 6. The van der Waals surface area contributed by atoms with E-state index in [1.54, 1.807) is 23.0 Å². The molecule has 3 aromatic heterocycles. The summed E-state index contributed by atoms with van der Waals surface area (Å²) in [4.78, 5) is 21.2. The van der Waals surface area contributed by atoms with Gasteiger partial charge in [0.2, 0.25) is 0 Å². The molecule has 1 aromatic carbocycles. The van der Waals surface area contributed by atoms with Crippen molar-refractivity contribution in [3.05, 3.63) is 72.3 Å². The first-order valence-corrected chi connectivity index (χ1v) is 12.0. The number of benzene rings is 1. The summed E-state index contributed by atoms with van der Waals surface area (Å²) in [6.07, 6.45) is 2.88. The second kappa shape index (κ2) is 9.11. The van der Waals surface area contributed by atoms with Crippen LogP contribution in [0.15, 0.2) is 55.2 Å². The lowest BCUT2D eigenvalue weighted by Crippen LogP contribution is -2.39. The average molecular weight is 509 g/mol. The summed E-state index contributed by atoms with van der Waals surface area (Å²) in [5.74, 6) is 0.953. The van der Waals surface area contributed by atoms with E-state index in [4.69, 9.17) is 0 Å². The molecule has 0 bridgehead atoms. The molecule has 2 N–H and O–H groups in total. The average Bonchev–Trinajstić information content (AvgIpc) is 3.40. The van der Waals surface area contributed by atoms with Gasteiger partial charge in [0.1, 0.15) is 18.1 Å². The smallest absolute Gasteiger partial charge is 0.321 e. The van der Waals surface area contributed by atoms with Gasteiger partial charge in [-0.1, -0.05) is 12.1 Å². The van der Waals surface area contributed by atoms with Gasteiger partial charge in [-0.15, -0.1) is 10.2 Å². The zero-order valence-electron chi connectivity index (χ0n) is 19.6. The minimum Gasteiger partial charge on any atom is -0.321 e. The fraction of sp³-hybridized carbons (Fsp3) is 0.320. The number of fused-ring (bicyclic) bond motifs is 1. The van der Waals surface area contributed by atoms with Crippen molar-refractivity contribution in [3.63, 3.8) is 0 Å². The highest BCUT2D eigenvalue weighted by Gasteiger charge is 2.45. The number of nitrogens with one attached hydrogen (secondary N) is 2. The molecule has 0 radical (unpaired) electrons. The molecule has 1 aliphatic carbocycles. The molecule has 1 atom stereocenters. The van der Waals surface area contributed by atoms with E-state index in [1.807, 2.05) is 22.8 Å². The monoisotopic (exact) mass is 508 g/mol. The first kappa shape index (κ1) is 23.3. The van der Waals surface area contributed by atoms with E-state index in [9.17, 15) is 18.0 Å². The van der Waals surface area contributed by atoms with Crippen molar-refractivity contribution in [3.8, 4) is 17.1 Å². The number of hydrogen-bond donors (Lipinski definition) is 2. The Balaban J connectivity index is 1.23. The van der Waals surface area contributed by atoms with Crippen LogP contribution in [0, 0.1) is 5.92 Å². The van der Waals surface area contributed by atoms with E-state index < -0.39 is 18.1 Å². The first-order chi connectivity index (χ1) is 17.9. The topological polar surface area (TPSA) is 103 Å². The minimum atomic E-state index is -4.45. The third-order valence-corrected chi connectivity index (χ3v) is 6.61. The van der Waals surface area contributed by atoms with Crippen molar-refractivity contribution in [1.29, 1.82) is 0 Å². The van der Waals surface area contributed by atoms with Crippen molar-refractivity contribution >= 4 is 11.6 Å². The highest BCUT2D eigenvalue weighted by molar-refractivity contribution is 6.03. The van der Waals surface area contributed by atoms with Crippen LogP contribution in [0.4, 0.5) is 18.9 Å². The van der Waals surface area contributed by atoms with Crippen LogP contribution in [-0.2, 0) is 13.0 Å². The lowest BCUT2D eigenvalue weighted by atomic mass is 10.0. The number of halogens is 3. The highest BCUT2D eigenvalue weighted by Crippen LogP contribution is 2.36. The molecule has 190 valence electrons. The van der Waals surface area contributed by atoms with Crippen LogP contribution in [-0.4, -0.2) is 47.9 Å². The van der Waals surface area contributed by atoms with E-state index in [0.29, 0.717) is 29.4 Å². The van der Waals surface area contributed by atoms with Gasteiger partial charge in [-0.05, 0) is 43.0 Å². The summed E-state index contributed by atoms with van der Waals surface area (Å²) >= 11 is 0. The number of hydrogen-bond acceptors (Lipinski definition) is 6. The van der Waals surface area contributed by atoms with Crippen LogP contribution in [0.1, 0.15) is 40.8 Å². The van der Waals surface area contributed by atoms with E-state index in [0.717, 1.165) is 17.9 Å². The maximum atomic E-state index is 13.4. The van der Waals surface area contributed by atoms with Crippen molar-refractivity contribution in [2.45, 2.75) is 38.0 Å². The lowest BCUT2D eigenvalue weighted by Gasteiger charge is -2.26. The molecule has 0 spiro atoms. The Morgan fingerprint density at radius 3 is 2.81 bits per heavy atom. The third-order valence-electron chi connectivity index (χ3n) is 6.61. The fourth-order valence-electron chi connectivity index (χ4n) is 4.62. The number of nitrogens with zero attached hydrogens (tertiary/aromatic N) is 6. The van der Waals surface area contributed by atoms with Gasteiger partial charge >= 0.3 is 6.18 Å². The lowest BCUT2D eigenvalue weighted by molar-refractivity contribution is -0.159. The Morgan fingerprint density at radius 2 is 2.00 bits per heavy atom. The van der Waals surface area contributed by atoms with E-state index in [-0.39, 0.29) is 17.9 Å². The molecule has 6 rings (SSSR count). The number of carbonyl (C=O) groups excluding carboxylic acids is 1. The molecule has 12 heteroatoms.